The molecule has 0 saturated heterocycles. The van der Waals surface area contributed by atoms with Gasteiger partial charge in [-0.2, -0.15) is 5.26 Å². The van der Waals surface area contributed by atoms with E-state index >= 15 is 0 Å². The molecule has 0 radical (unpaired) electrons. The van der Waals surface area contributed by atoms with Gasteiger partial charge in [-0.1, -0.05) is 46.3 Å². The number of aliphatic hydroxyl groups is 1. The second-order valence-electron chi connectivity index (χ2n) is 14.9. The maximum atomic E-state index is 14.5. The minimum atomic E-state index is -1.48. The molecular formula is C32H44N2O4. The van der Waals surface area contributed by atoms with Gasteiger partial charge in [0.2, 0.25) is 5.91 Å². The largest absolute Gasteiger partial charge is 0.382 e. The van der Waals surface area contributed by atoms with E-state index in [2.05, 4.69) is 40.7 Å². The van der Waals surface area contributed by atoms with Crippen molar-refractivity contribution in [2.45, 2.75) is 85.7 Å². The van der Waals surface area contributed by atoms with E-state index in [1.807, 2.05) is 6.08 Å². The molecule has 9 atom stereocenters. The maximum Gasteiger partial charge on any atom is 0.228 e. The van der Waals surface area contributed by atoms with Crippen LogP contribution in [0.3, 0.4) is 0 Å². The van der Waals surface area contributed by atoms with Crippen molar-refractivity contribution in [1.82, 2.24) is 4.90 Å². The van der Waals surface area contributed by atoms with E-state index in [4.69, 9.17) is 0 Å². The molecule has 38 heavy (non-hydrogen) atoms. The van der Waals surface area contributed by atoms with Crippen LogP contribution in [0.5, 0.6) is 0 Å². The van der Waals surface area contributed by atoms with Crippen molar-refractivity contribution in [3.05, 3.63) is 23.8 Å². The Morgan fingerprint density at radius 2 is 1.66 bits per heavy atom. The monoisotopic (exact) mass is 520 g/mol. The first-order chi connectivity index (χ1) is 17.4. The van der Waals surface area contributed by atoms with Crippen LogP contribution in [0.1, 0.15) is 80.1 Å². The lowest BCUT2D eigenvalue weighted by Crippen LogP contribution is -2.68. The number of amides is 1. The van der Waals surface area contributed by atoms with Crippen molar-refractivity contribution in [2.24, 2.45) is 50.7 Å². The van der Waals surface area contributed by atoms with E-state index in [-0.39, 0.29) is 40.1 Å². The number of rotatable bonds is 1. The first kappa shape index (κ1) is 27.3. The number of hydrogen-bond donors (Lipinski definition) is 1. The molecule has 0 aromatic heterocycles. The normalized spacial score (nSPS) is 49.0. The van der Waals surface area contributed by atoms with Crippen molar-refractivity contribution >= 4 is 17.5 Å². The van der Waals surface area contributed by atoms with E-state index in [9.17, 15) is 24.8 Å². The third kappa shape index (κ3) is 3.06. The molecule has 3 saturated carbocycles. The van der Waals surface area contributed by atoms with Gasteiger partial charge in [-0.3, -0.25) is 14.4 Å². The van der Waals surface area contributed by atoms with Gasteiger partial charge in [-0.25, -0.2) is 0 Å². The van der Waals surface area contributed by atoms with Crippen LogP contribution in [0.15, 0.2) is 23.8 Å². The summed E-state index contributed by atoms with van der Waals surface area (Å²) in [5, 5.41) is 21.8. The zero-order valence-electron chi connectivity index (χ0n) is 24.4. The van der Waals surface area contributed by atoms with Gasteiger partial charge in [-0.05, 0) is 73.8 Å². The predicted octanol–water partition coefficient (Wildman–Crippen LogP) is 4.87. The topological polar surface area (TPSA) is 98.5 Å². The van der Waals surface area contributed by atoms with Crippen LogP contribution in [0.25, 0.3) is 0 Å². The van der Waals surface area contributed by atoms with Crippen molar-refractivity contribution in [1.29, 1.82) is 5.26 Å². The molecule has 1 N–H and O–H groups in total. The molecule has 6 heteroatoms. The number of ketones is 2. The van der Waals surface area contributed by atoms with Crippen molar-refractivity contribution in [2.75, 3.05) is 14.1 Å². The Morgan fingerprint density at radius 3 is 2.26 bits per heavy atom. The van der Waals surface area contributed by atoms with Crippen LogP contribution in [-0.4, -0.2) is 47.2 Å². The average molecular weight is 521 g/mol. The third-order valence-corrected chi connectivity index (χ3v) is 12.6. The molecule has 6 nitrogen and oxygen atoms in total. The molecule has 0 spiro atoms. The fourth-order valence-corrected chi connectivity index (χ4v) is 10.1. The van der Waals surface area contributed by atoms with Crippen LogP contribution < -0.4 is 0 Å². The van der Waals surface area contributed by atoms with Crippen molar-refractivity contribution in [3.8, 4) is 6.07 Å². The number of carbonyl (C=O) groups is 3. The van der Waals surface area contributed by atoms with Crippen LogP contribution in [0.2, 0.25) is 0 Å². The van der Waals surface area contributed by atoms with E-state index in [1.54, 1.807) is 32.0 Å². The predicted molar refractivity (Wildman–Crippen MR) is 144 cm³/mol. The molecule has 0 heterocycles. The highest BCUT2D eigenvalue weighted by molar-refractivity contribution is 6.00. The van der Waals surface area contributed by atoms with E-state index in [0.29, 0.717) is 19.3 Å². The fraction of sp³-hybridized carbons (Fsp3) is 0.750. The first-order valence-corrected chi connectivity index (χ1v) is 14.3. The van der Waals surface area contributed by atoms with Gasteiger partial charge in [0.25, 0.3) is 0 Å². The Kier molecular flexibility index (Phi) is 5.68. The lowest BCUT2D eigenvalue weighted by Gasteiger charge is -2.69. The average Bonchev–Trinajstić information content (AvgIpc) is 2.82. The van der Waals surface area contributed by atoms with Gasteiger partial charge in [0.15, 0.2) is 11.6 Å². The Balaban J connectivity index is 1.73. The molecule has 0 aliphatic heterocycles. The second-order valence-corrected chi connectivity index (χ2v) is 14.9. The zero-order chi connectivity index (χ0) is 28.3. The fourth-order valence-electron chi connectivity index (χ4n) is 10.1. The van der Waals surface area contributed by atoms with E-state index in [1.165, 1.54) is 6.08 Å². The summed E-state index contributed by atoms with van der Waals surface area (Å²) in [6.07, 6.45) is 9.51. The summed E-state index contributed by atoms with van der Waals surface area (Å²) >= 11 is 0. The molecule has 5 aliphatic rings. The molecule has 3 fully saturated rings. The van der Waals surface area contributed by atoms with E-state index in [0.717, 1.165) is 24.8 Å². The Labute approximate surface area is 227 Å². The van der Waals surface area contributed by atoms with Gasteiger partial charge < -0.3 is 10.0 Å². The summed E-state index contributed by atoms with van der Waals surface area (Å²) in [5.74, 6) is -1.73. The number of hydrogen-bond acceptors (Lipinski definition) is 5. The summed E-state index contributed by atoms with van der Waals surface area (Å²) in [6.45, 7) is 12.4. The summed E-state index contributed by atoms with van der Waals surface area (Å²) < 4.78 is 0. The molecule has 0 aromatic rings. The molecule has 5 aliphatic carbocycles. The minimum Gasteiger partial charge on any atom is -0.382 e. The van der Waals surface area contributed by atoms with Gasteiger partial charge in [0.1, 0.15) is 5.60 Å². The molecule has 0 bridgehead atoms. The molecule has 0 aromatic carbocycles. The summed E-state index contributed by atoms with van der Waals surface area (Å²) in [5.41, 5.74) is -2.94. The van der Waals surface area contributed by atoms with Crippen LogP contribution >= 0.6 is 0 Å². The highest BCUT2D eigenvalue weighted by Crippen LogP contribution is 2.74. The summed E-state index contributed by atoms with van der Waals surface area (Å²) in [4.78, 5) is 42.7. The van der Waals surface area contributed by atoms with Crippen molar-refractivity contribution in [3.63, 3.8) is 0 Å². The SMILES string of the molecule is CN(C)C(=O)C12CCC(C)(C)C(C#N)C1C1C(=O)C=C3C4(C)C=CC(=O)C(C)(O)C4CCC3(C)C1(C)CC2. The Hall–Kier alpha value is -2.26. The molecule has 206 valence electrons. The quantitative estimate of drug-likeness (QED) is 0.532. The Bertz CT molecular complexity index is 1220. The third-order valence-electron chi connectivity index (χ3n) is 12.6. The van der Waals surface area contributed by atoms with Crippen LogP contribution in [-0.2, 0) is 14.4 Å². The molecule has 9 unspecified atom stereocenters. The van der Waals surface area contributed by atoms with Crippen LogP contribution in [0.4, 0.5) is 0 Å². The lowest BCUT2D eigenvalue weighted by molar-refractivity contribution is -0.191. The standard InChI is InChI=1S/C32H44N2O4/c1-27(2)13-15-32(26(37)34(7)8)16-14-30(5)25(24(32)19(27)18-33)20(35)17-22-28(3)11-10-23(36)31(6,38)21(28)9-12-29(22,30)4/h10-11,17,19,21,24-25,38H,9,12-16H2,1-8H3. The van der Waals surface area contributed by atoms with Gasteiger partial charge in [-0.15, -0.1) is 0 Å². The number of allylic oxidation sites excluding steroid dienone is 3. The smallest absolute Gasteiger partial charge is 0.228 e. The molecular weight excluding hydrogens is 476 g/mol. The van der Waals surface area contributed by atoms with E-state index < -0.39 is 33.7 Å². The second kappa shape index (κ2) is 7.90. The number of fused-ring (bicyclic) bond motifs is 7. The zero-order valence-corrected chi connectivity index (χ0v) is 24.4. The number of carbonyl (C=O) groups excluding carboxylic acids is 3. The molecule has 5 rings (SSSR count). The maximum absolute atomic E-state index is 14.5. The highest BCUT2D eigenvalue weighted by atomic mass is 16.3. The van der Waals surface area contributed by atoms with Crippen LogP contribution in [0, 0.1) is 62.1 Å². The summed E-state index contributed by atoms with van der Waals surface area (Å²) in [6, 6.07) is 2.61. The van der Waals surface area contributed by atoms with Crippen molar-refractivity contribution < 1.29 is 19.5 Å². The van der Waals surface area contributed by atoms with Gasteiger partial charge >= 0.3 is 0 Å². The Morgan fingerprint density at radius 1 is 1.03 bits per heavy atom. The number of nitriles is 1. The highest BCUT2D eigenvalue weighted by Gasteiger charge is 2.72. The van der Waals surface area contributed by atoms with Gasteiger partial charge in [0, 0.05) is 37.3 Å². The summed E-state index contributed by atoms with van der Waals surface area (Å²) in [7, 11) is 3.57. The molecule has 1 amide bonds. The number of nitrogens with zero attached hydrogens (tertiary/aromatic N) is 2. The minimum absolute atomic E-state index is 0.00498. The van der Waals surface area contributed by atoms with Gasteiger partial charge in [0.05, 0.1) is 17.4 Å². The lowest BCUT2D eigenvalue weighted by atomic mass is 9.33. The first-order valence-electron chi connectivity index (χ1n) is 14.3.